The quantitative estimate of drug-likeness (QED) is 0.679. The number of halogens is 8. The molecule has 1 rings (SSSR count). The lowest BCUT2D eigenvalue weighted by Gasteiger charge is -2.30. The molecule has 0 bridgehead atoms. The predicted octanol–water partition coefficient (Wildman–Crippen LogP) is 4.61. The molecule has 1 aromatic carbocycles. The highest BCUT2D eigenvalue weighted by Crippen LogP contribution is 2.53. The van der Waals surface area contributed by atoms with Gasteiger partial charge in [-0.05, 0) is 18.2 Å². The SMILES string of the molecule is N#Cc1cc(Br)cc(C(F)(C(F)(F)F)C(F)(F)F)c1. The highest BCUT2D eigenvalue weighted by molar-refractivity contribution is 9.10. The van der Waals surface area contributed by atoms with Crippen molar-refractivity contribution in [2.45, 2.75) is 18.0 Å². The summed E-state index contributed by atoms with van der Waals surface area (Å²) in [6.45, 7) is 0. The van der Waals surface area contributed by atoms with Crippen LogP contribution in [-0.2, 0) is 5.67 Å². The summed E-state index contributed by atoms with van der Waals surface area (Å²) in [7, 11) is 0. The zero-order chi connectivity index (χ0) is 15.1. The second-order valence-electron chi connectivity index (χ2n) is 3.49. The molecule has 0 fully saturated rings. The Hall–Kier alpha value is -1.30. The van der Waals surface area contributed by atoms with E-state index in [2.05, 4.69) is 15.9 Å². The summed E-state index contributed by atoms with van der Waals surface area (Å²) in [5, 5.41) is 8.50. The summed E-state index contributed by atoms with van der Waals surface area (Å²) in [6, 6.07) is 2.87. The topological polar surface area (TPSA) is 23.8 Å². The molecule has 104 valence electrons. The summed E-state index contributed by atoms with van der Waals surface area (Å²) in [4.78, 5) is 0. The number of nitrogens with zero attached hydrogens (tertiary/aromatic N) is 1. The Morgan fingerprint density at radius 3 is 1.74 bits per heavy atom. The van der Waals surface area contributed by atoms with E-state index in [-0.39, 0.29) is 10.5 Å². The van der Waals surface area contributed by atoms with Gasteiger partial charge in [0, 0.05) is 10.0 Å². The van der Waals surface area contributed by atoms with Gasteiger partial charge in [0.2, 0.25) is 0 Å². The third-order valence-electron chi connectivity index (χ3n) is 2.21. The van der Waals surface area contributed by atoms with Gasteiger partial charge < -0.3 is 0 Å². The summed E-state index contributed by atoms with van der Waals surface area (Å²) in [5.41, 5.74) is -7.76. The predicted molar refractivity (Wildman–Crippen MR) is 53.8 cm³/mol. The van der Waals surface area contributed by atoms with Crippen molar-refractivity contribution >= 4 is 15.9 Å². The Bertz CT molecular complexity index is 512. The van der Waals surface area contributed by atoms with E-state index in [9.17, 15) is 30.7 Å². The van der Waals surface area contributed by atoms with Crippen molar-refractivity contribution in [3.63, 3.8) is 0 Å². The minimum atomic E-state index is -6.20. The van der Waals surface area contributed by atoms with Gasteiger partial charge >= 0.3 is 18.0 Å². The van der Waals surface area contributed by atoms with Crippen LogP contribution in [0.1, 0.15) is 11.1 Å². The Morgan fingerprint density at radius 2 is 1.37 bits per heavy atom. The molecule has 9 heteroatoms. The van der Waals surface area contributed by atoms with E-state index in [1.54, 1.807) is 0 Å². The summed E-state index contributed by atoms with van der Waals surface area (Å²) in [6.07, 6.45) is -12.4. The molecule has 0 aromatic heterocycles. The summed E-state index contributed by atoms with van der Waals surface area (Å²) in [5.74, 6) is 0. The number of rotatable bonds is 1. The van der Waals surface area contributed by atoms with Crippen molar-refractivity contribution in [1.29, 1.82) is 5.26 Å². The van der Waals surface area contributed by atoms with E-state index in [0.29, 0.717) is 6.07 Å². The van der Waals surface area contributed by atoms with Crippen LogP contribution in [0.3, 0.4) is 0 Å². The molecule has 0 aliphatic rings. The van der Waals surface area contributed by atoms with E-state index >= 15 is 0 Å². The standard InChI is InChI=1S/C10H3BrF7N/c11-7-2-5(4-19)1-6(3-7)8(12,9(13,14)15)10(16,17)18/h1-3H. The molecular formula is C10H3BrF7N. The van der Waals surface area contributed by atoms with Crippen LogP contribution >= 0.6 is 15.9 Å². The van der Waals surface area contributed by atoms with Crippen molar-refractivity contribution < 1.29 is 30.7 Å². The van der Waals surface area contributed by atoms with Crippen molar-refractivity contribution in [1.82, 2.24) is 0 Å². The Labute approximate surface area is 110 Å². The van der Waals surface area contributed by atoms with E-state index in [0.717, 1.165) is 6.07 Å². The van der Waals surface area contributed by atoms with Gasteiger partial charge in [-0.25, -0.2) is 4.39 Å². The maximum atomic E-state index is 13.7. The molecule has 0 aliphatic carbocycles. The van der Waals surface area contributed by atoms with Gasteiger partial charge in [-0.3, -0.25) is 0 Å². The number of benzene rings is 1. The molecule has 19 heavy (non-hydrogen) atoms. The zero-order valence-electron chi connectivity index (χ0n) is 8.70. The Morgan fingerprint density at radius 1 is 0.895 bits per heavy atom. The minimum absolute atomic E-state index is 0.214. The van der Waals surface area contributed by atoms with Crippen molar-refractivity contribution in [2.24, 2.45) is 0 Å². The van der Waals surface area contributed by atoms with Crippen LogP contribution in [0.4, 0.5) is 30.7 Å². The van der Waals surface area contributed by atoms with Crippen LogP contribution in [0.5, 0.6) is 0 Å². The van der Waals surface area contributed by atoms with Gasteiger partial charge in [-0.1, -0.05) is 15.9 Å². The molecule has 1 aromatic rings. The molecule has 0 aliphatic heterocycles. The lowest BCUT2D eigenvalue weighted by Crippen LogP contribution is -2.50. The van der Waals surface area contributed by atoms with Crippen molar-refractivity contribution in [2.75, 3.05) is 0 Å². The highest BCUT2D eigenvalue weighted by atomic mass is 79.9. The second kappa shape index (κ2) is 4.67. The first-order chi connectivity index (χ1) is 8.43. The first kappa shape index (κ1) is 15.8. The second-order valence-corrected chi connectivity index (χ2v) is 4.41. The minimum Gasteiger partial charge on any atom is -0.218 e. The van der Waals surface area contributed by atoms with Gasteiger partial charge in [0.15, 0.2) is 0 Å². The molecule has 0 unspecified atom stereocenters. The molecule has 0 saturated heterocycles. The van der Waals surface area contributed by atoms with Gasteiger partial charge in [0.25, 0.3) is 0 Å². The number of nitriles is 1. The largest absolute Gasteiger partial charge is 0.435 e. The van der Waals surface area contributed by atoms with Gasteiger partial charge in [-0.15, -0.1) is 0 Å². The van der Waals surface area contributed by atoms with Crippen LogP contribution in [0.15, 0.2) is 22.7 Å². The van der Waals surface area contributed by atoms with Gasteiger partial charge in [-0.2, -0.15) is 31.6 Å². The smallest absolute Gasteiger partial charge is 0.218 e. The molecule has 0 amide bonds. The number of hydrogen-bond acceptors (Lipinski definition) is 1. The van der Waals surface area contributed by atoms with Gasteiger partial charge in [0.05, 0.1) is 11.6 Å². The molecule has 0 atom stereocenters. The normalized spacial score (nSPS) is 13.2. The Balaban J connectivity index is 3.62. The maximum absolute atomic E-state index is 13.7. The summed E-state index contributed by atoms with van der Waals surface area (Å²) >= 11 is 2.63. The molecule has 1 nitrogen and oxygen atoms in total. The van der Waals surface area contributed by atoms with Crippen molar-refractivity contribution in [3.8, 4) is 6.07 Å². The fraction of sp³-hybridized carbons (Fsp3) is 0.300. The van der Waals surface area contributed by atoms with E-state index < -0.39 is 29.1 Å². The lowest BCUT2D eigenvalue weighted by molar-refractivity contribution is -0.348. The van der Waals surface area contributed by atoms with Crippen LogP contribution in [-0.4, -0.2) is 12.4 Å². The van der Waals surface area contributed by atoms with Crippen LogP contribution in [0.2, 0.25) is 0 Å². The third-order valence-corrected chi connectivity index (χ3v) is 2.66. The van der Waals surface area contributed by atoms with E-state index in [1.807, 2.05) is 0 Å². The zero-order valence-corrected chi connectivity index (χ0v) is 10.3. The van der Waals surface area contributed by atoms with E-state index in [4.69, 9.17) is 5.26 Å². The fourth-order valence-corrected chi connectivity index (χ4v) is 1.83. The van der Waals surface area contributed by atoms with Crippen molar-refractivity contribution in [3.05, 3.63) is 33.8 Å². The molecule has 0 spiro atoms. The first-order valence-corrected chi connectivity index (χ1v) is 5.26. The molecular weight excluding hydrogens is 347 g/mol. The van der Waals surface area contributed by atoms with Crippen LogP contribution < -0.4 is 0 Å². The van der Waals surface area contributed by atoms with Gasteiger partial charge in [0.1, 0.15) is 0 Å². The number of hydrogen-bond donors (Lipinski definition) is 0. The van der Waals surface area contributed by atoms with Crippen LogP contribution in [0, 0.1) is 11.3 Å². The molecule has 0 radical (unpaired) electrons. The molecule has 0 N–H and O–H groups in total. The fourth-order valence-electron chi connectivity index (χ4n) is 1.34. The molecule has 0 heterocycles. The third kappa shape index (κ3) is 2.68. The average molecular weight is 350 g/mol. The summed E-state index contributed by atoms with van der Waals surface area (Å²) < 4.78 is 88.1. The monoisotopic (exact) mass is 349 g/mol. The average Bonchev–Trinajstić information content (AvgIpc) is 2.23. The van der Waals surface area contributed by atoms with Crippen LogP contribution in [0.25, 0.3) is 0 Å². The van der Waals surface area contributed by atoms with E-state index in [1.165, 1.54) is 6.07 Å². The highest BCUT2D eigenvalue weighted by Gasteiger charge is 2.73. The Kier molecular flexibility index (Phi) is 3.87. The molecule has 0 saturated carbocycles. The maximum Gasteiger partial charge on any atom is 0.435 e. The number of alkyl halides is 7. The first-order valence-electron chi connectivity index (χ1n) is 4.47. The lowest BCUT2D eigenvalue weighted by atomic mass is 9.93.